The van der Waals surface area contributed by atoms with E-state index in [4.69, 9.17) is 4.74 Å². The molecule has 1 heterocycles. The fourth-order valence-electron chi connectivity index (χ4n) is 2.27. The topological polar surface area (TPSA) is 84.0 Å². The molecule has 0 aromatic heterocycles. The van der Waals surface area contributed by atoms with Gasteiger partial charge >= 0.3 is 0 Å². The highest BCUT2D eigenvalue weighted by Crippen LogP contribution is 2.21. The largest absolute Gasteiger partial charge is 0.497 e. The maximum Gasteiger partial charge on any atom is 0.243 e. The highest BCUT2D eigenvalue weighted by molar-refractivity contribution is 7.89. The maximum atomic E-state index is 12.5. The van der Waals surface area contributed by atoms with Crippen molar-refractivity contribution in [1.29, 1.82) is 0 Å². The summed E-state index contributed by atoms with van der Waals surface area (Å²) in [4.78, 5) is 0.181. The van der Waals surface area contributed by atoms with Crippen LogP contribution in [0, 0.1) is 0 Å². The summed E-state index contributed by atoms with van der Waals surface area (Å²) < 4.78 is 56.3. The smallest absolute Gasteiger partial charge is 0.243 e. The van der Waals surface area contributed by atoms with Crippen LogP contribution in [0.4, 0.5) is 0 Å². The van der Waals surface area contributed by atoms with E-state index in [-0.39, 0.29) is 36.8 Å². The molecule has 1 aliphatic heterocycles. The highest BCUT2D eigenvalue weighted by Gasteiger charge is 2.32. The zero-order chi connectivity index (χ0) is 16.4. The number of rotatable bonds is 5. The van der Waals surface area contributed by atoms with Crippen LogP contribution in [0.2, 0.25) is 0 Å². The number of methoxy groups -OCH3 is 1. The van der Waals surface area contributed by atoms with Gasteiger partial charge in [0, 0.05) is 26.2 Å². The lowest BCUT2D eigenvalue weighted by Crippen LogP contribution is -2.50. The number of sulfonamides is 2. The van der Waals surface area contributed by atoms with Crippen molar-refractivity contribution in [3.63, 3.8) is 0 Å². The summed E-state index contributed by atoms with van der Waals surface area (Å²) in [5.41, 5.74) is 0. The van der Waals surface area contributed by atoms with Crippen LogP contribution in [0.15, 0.2) is 29.2 Å². The minimum absolute atomic E-state index is 0.0260. The summed E-state index contributed by atoms with van der Waals surface area (Å²) >= 11 is 0. The van der Waals surface area contributed by atoms with Gasteiger partial charge in [0.15, 0.2) is 0 Å². The van der Waals surface area contributed by atoms with Gasteiger partial charge in [-0.15, -0.1) is 0 Å². The summed E-state index contributed by atoms with van der Waals surface area (Å²) in [6.07, 6.45) is 0. The van der Waals surface area contributed by atoms with E-state index in [1.54, 1.807) is 19.1 Å². The fourth-order valence-corrected chi connectivity index (χ4v) is 4.77. The maximum absolute atomic E-state index is 12.5. The Kier molecular flexibility index (Phi) is 5.10. The van der Waals surface area contributed by atoms with E-state index in [0.29, 0.717) is 5.75 Å². The van der Waals surface area contributed by atoms with Gasteiger partial charge in [-0.25, -0.2) is 16.8 Å². The Bertz CT molecular complexity index is 705. The summed E-state index contributed by atoms with van der Waals surface area (Å²) in [6, 6.07) is 6.15. The van der Waals surface area contributed by atoms with Crippen LogP contribution >= 0.6 is 0 Å². The van der Waals surface area contributed by atoms with Crippen LogP contribution in [0.25, 0.3) is 0 Å². The first-order chi connectivity index (χ1) is 10.3. The predicted octanol–water partition coefficient (Wildman–Crippen LogP) is 0.351. The van der Waals surface area contributed by atoms with Crippen LogP contribution in [-0.4, -0.2) is 64.5 Å². The number of hydrogen-bond acceptors (Lipinski definition) is 5. The third-order valence-electron chi connectivity index (χ3n) is 3.65. The van der Waals surface area contributed by atoms with Gasteiger partial charge in [-0.3, -0.25) is 0 Å². The number of piperazine rings is 1. The van der Waals surface area contributed by atoms with E-state index in [0.717, 1.165) is 0 Å². The Balaban J connectivity index is 2.12. The lowest BCUT2D eigenvalue weighted by atomic mass is 10.3. The van der Waals surface area contributed by atoms with Gasteiger partial charge in [0.05, 0.1) is 17.8 Å². The molecule has 1 aromatic carbocycles. The molecule has 0 saturated carbocycles. The Labute approximate surface area is 131 Å². The molecule has 1 saturated heterocycles. The Morgan fingerprint density at radius 1 is 0.955 bits per heavy atom. The molecule has 1 aromatic rings. The van der Waals surface area contributed by atoms with Gasteiger partial charge < -0.3 is 4.74 Å². The molecule has 0 unspecified atom stereocenters. The minimum Gasteiger partial charge on any atom is -0.497 e. The molecule has 124 valence electrons. The standard InChI is InChI=1S/C13H20N2O5S2/c1-3-21(16,17)14-8-10-15(11-9-14)22(18,19)13-6-4-12(20-2)5-7-13/h4-7H,3,8-11H2,1-2H3. The average Bonchev–Trinajstić information content (AvgIpc) is 2.55. The van der Waals surface area contributed by atoms with Gasteiger partial charge in [0.1, 0.15) is 5.75 Å². The number of ether oxygens (including phenoxy) is 1. The summed E-state index contributed by atoms with van der Waals surface area (Å²) in [5.74, 6) is 0.607. The van der Waals surface area contributed by atoms with E-state index in [1.807, 2.05) is 0 Å². The SMILES string of the molecule is CCS(=O)(=O)N1CCN(S(=O)(=O)c2ccc(OC)cc2)CC1. The lowest BCUT2D eigenvalue weighted by molar-refractivity contribution is 0.273. The van der Waals surface area contributed by atoms with Crippen LogP contribution in [0.1, 0.15) is 6.92 Å². The summed E-state index contributed by atoms with van der Waals surface area (Å²) in [6.45, 7) is 2.27. The van der Waals surface area contributed by atoms with Crippen molar-refractivity contribution in [2.45, 2.75) is 11.8 Å². The molecule has 2 rings (SSSR count). The Morgan fingerprint density at radius 3 is 1.91 bits per heavy atom. The van der Waals surface area contributed by atoms with E-state index >= 15 is 0 Å². The van der Waals surface area contributed by atoms with E-state index in [9.17, 15) is 16.8 Å². The van der Waals surface area contributed by atoms with Crippen molar-refractivity contribution in [3.05, 3.63) is 24.3 Å². The van der Waals surface area contributed by atoms with Crippen molar-refractivity contribution >= 4 is 20.0 Å². The third kappa shape index (κ3) is 3.43. The van der Waals surface area contributed by atoms with Crippen LogP contribution in [0.5, 0.6) is 5.75 Å². The molecule has 0 atom stereocenters. The number of nitrogens with zero attached hydrogens (tertiary/aromatic N) is 2. The van der Waals surface area contributed by atoms with Gasteiger partial charge in [-0.2, -0.15) is 8.61 Å². The highest BCUT2D eigenvalue weighted by atomic mass is 32.2. The van der Waals surface area contributed by atoms with Crippen molar-refractivity contribution in [2.75, 3.05) is 39.0 Å². The molecule has 7 nitrogen and oxygen atoms in total. The zero-order valence-electron chi connectivity index (χ0n) is 12.6. The average molecular weight is 348 g/mol. The molecule has 0 amide bonds. The van der Waals surface area contributed by atoms with Crippen LogP contribution < -0.4 is 4.74 Å². The monoisotopic (exact) mass is 348 g/mol. The van der Waals surface area contributed by atoms with Crippen molar-refractivity contribution in [2.24, 2.45) is 0 Å². The second-order valence-corrected chi connectivity index (χ2v) is 9.07. The minimum atomic E-state index is -3.61. The second-order valence-electron chi connectivity index (χ2n) is 4.88. The summed E-state index contributed by atoms with van der Waals surface area (Å²) in [7, 11) is -5.36. The molecule has 9 heteroatoms. The molecule has 0 radical (unpaired) electrons. The molecule has 0 bridgehead atoms. The molecular formula is C13H20N2O5S2. The van der Waals surface area contributed by atoms with E-state index in [2.05, 4.69) is 0 Å². The van der Waals surface area contributed by atoms with Gasteiger partial charge in [-0.05, 0) is 31.2 Å². The number of hydrogen-bond donors (Lipinski definition) is 0. The second kappa shape index (κ2) is 6.53. The first kappa shape index (κ1) is 17.2. The molecule has 0 aliphatic carbocycles. The molecule has 1 fully saturated rings. The lowest BCUT2D eigenvalue weighted by Gasteiger charge is -2.33. The summed E-state index contributed by atoms with van der Waals surface area (Å²) in [5, 5.41) is 0. The van der Waals surface area contributed by atoms with Gasteiger partial charge in [0.25, 0.3) is 0 Å². The predicted molar refractivity (Wildman–Crippen MR) is 82.8 cm³/mol. The van der Waals surface area contributed by atoms with Gasteiger partial charge in [-0.1, -0.05) is 0 Å². The van der Waals surface area contributed by atoms with Crippen molar-refractivity contribution in [1.82, 2.24) is 8.61 Å². The van der Waals surface area contributed by atoms with Crippen LogP contribution in [-0.2, 0) is 20.0 Å². The Morgan fingerprint density at radius 2 is 1.45 bits per heavy atom. The first-order valence-corrected chi connectivity index (χ1v) is 9.98. The first-order valence-electron chi connectivity index (χ1n) is 6.93. The quantitative estimate of drug-likeness (QED) is 0.767. The molecule has 22 heavy (non-hydrogen) atoms. The van der Waals surface area contributed by atoms with E-state index < -0.39 is 20.0 Å². The van der Waals surface area contributed by atoms with Crippen LogP contribution in [0.3, 0.4) is 0 Å². The molecule has 0 N–H and O–H groups in total. The third-order valence-corrected chi connectivity index (χ3v) is 7.45. The van der Waals surface area contributed by atoms with Crippen molar-refractivity contribution in [3.8, 4) is 5.75 Å². The fraction of sp³-hybridized carbons (Fsp3) is 0.538. The van der Waals surface area contributed by atoms with E-state index in [1.165, 1.54) is 27.9 Å². The molecule has 1 aliphatic rings. The molecular weight excluding hydrogens is 328 g/mol. The Hall–Kier alpha value is -1.16. The van der Waals surface area contributed by atoms with Crippen molar-refractivity contribution < 1.29 is 21.6 Å². The van der Waals surface area contributed by atoms with Gasteiger partial charge in [0.2, 0.25) is 20.0 Å². The normalized spacial score (nSPS) is 18.3. The zero-order valence-corrected chi connectivity index (χ0v) is 14.2. The number of benzene rings is 1. The molecule has 0 spiro atoms.